The first-order valence-electron chi connectivity index (χ1n) is 5.49. The van der Waals surface area contributed by atoms with Gasteiger partial charge in [-0.1, -0.05) is 29.3 Å². The molecule has 0 spiro atoms. The molecule has 0 bridgehead atoms. The van der Waals surface area contributed by atoms with Gasteiger partial charge in [0.05, 0.1) is 6.10 Å². The summed E-state index contributed by atoms with van der Waals surface area (Å²) in [5.41, 5.74) is 6.45. The molecule has 3 N–H and O–H groups in total. The van der Waals surface area contributed by atoms with Crippen molar-refractivity contribution in [1.29, 1.82) is 0 Å². The third kappa shape index (κ3) is 3.05. The van der Waals surface area contributed by atoms with Crippen molar-refractivity contribution in [2.45, 2.75) is 12.0 Å². The molecule has 0 fully saturated rings. The summed E-state index contributed by atoms with van der Waals surface area (Å²) in [6.45, 7) is 0.367. The van der Waals surface area contributed by atoms with Crippen molar-refractivity contribution in [3.8, 4) is 0 Å². The van der Waals surface area contributed by atoms with E-state index in [2.05, 4.69) is 0 Å². The Bertz CT molecular complexity index is 495. The van der Waals surface area contributed by atoms with Crippen LogP contribution in [0.4, 0.5) is 0 Å². The number of nitrogens with two attached hydrogens (primary N) is 1. The van der Waals surface area contributed by atoms with Crippen LogP contribution >= 0.6 is 34.5 Å². The highest BCUT2D eigenvalue weighted by Gasteiger charge is 2.22. The van der Waals surface area contributed by atoms with Crippen molar-refractivity contribution in [2.24, 2.45) is 5.73 Å². The highest BCUT2D eigenvalue weighted by molar-refractivity contribution is 7.10. The molecule has 1 heterocycles. The van der Waals surface area contributed by atoms with Crippen LogP contribution in [0.1, 0.15) is 22.5 Å². The minimum Gasteiger partial charge on any atom is -0.388 e. The van der Waals surface area contributed by atoms with E-state index in [9.17, 15) is 5.11 Å². The van der Waals surface area contributed by atoms with Crippen LogP contribution in [0.25, 0.3) is 0 Å². The van der Waals surface area contributed by atoms with Crippen molar-refractivity contribution in [3.63, 3.8) is 0 Å². The molecule has 0 aliphatic heterocycles. The Morgan fingerprint density at radius 2 is 1.89 bits per heavy atom. The van der Waals surface area contributed by atoms with Gasteiger partial charge in [-0.25, -0.2) is 0 Å². The third-order valence-corrected chi connectivity index (χ3v) is 4.21. The molecule has 0 aliphatic rings. The number of aliphatic hydroxyl groups is 1. The Balaban J connectivity index is 2.31. The summed E-state index contributed by atoms with van der Waals surface area (Å²) < 4.78 is 0. The van der Waals surface area contributed by atoms with E-state index >= 15 is 0 Å². The molecule has 2 atom stereocenters. The van der Waals surface area contributed by atoms with Crippen LogP contribution in [0.5, 0.6) is 0 Å². The summed E-state index contributed by atoms with van der Waals surface area (Å²) in [7, 11) is 0. The molecule has 0 amide bonds. The van der Waals surface area contributed by atoms with Gasteiger partial charge in [0.1, 0.15) is 0 Å². The maximum Gasteiger partial charge on any atom is 0.0879 e. The van der Waals surface area contributed by atoms with Crippen LogP contribution in [0.2, 0.25) is 10.0 Å². The molecule has 2 nitrogen and oxygen atoms in total. The van der Waals surface area contributed by atoms with Crippen molar-refractivity contribution in [1.82, 2.24) is 0 Å². The van der Waals surface area contributed by atoms with Gasteiger partial charge in [-0.05, 0) is 35.2 Å². The van der Waals surface area contributed by atoms with Crippen molar-refractivity contribution < 1.29 is 5.11 Å². The fourth-order valence-corrected chi connectivity index (χ4v) is 3.30. The highest BCUT2D eigenvalue weighted by atomic mass is 35.5. The topological polar surface area (TPSA) is 46.2 Å². The molecule has 1 aromatic heterocycles. The van der Waals surface area contributed by atoms with E-state index in [4.69, 9.17) is 28.9 Å². The van der Waals surface area contributed by atoms with E-state index in [0.717, 1.165) is 4.88 Å². The van der Waals surface area contributed by atoms with Gasteiger partial charge in [0, 0.05) is 27.4 Å². The first-order valence-corrected chi connectivity index (χ1v) is 7.13. The molecular weight excluding hydrogens is 289 g/mol. The summed E-state index contributed by atoms with van der Waals surface area (Å²) in [5, 5.41) is 13.4. The predicted octanol–water partition coefficient (Wildman–Crippen LogP) is 3.83. The van der Waals surface area contributed by atoms with Crippen LogP contribution < -0.4 is 5.73 Å². The summed E-state index contributed by atoms with van der Waals surface area (Å²) in [5.74, 6) is -0.139. The lowest BCUT2D eigenvalue weighted by atomic mass is 9.94. The van der Waals surface area contributed by atoms with Crippen LogP contribution in [-0.4, -0.2) is 11.7 Å². The van der Waals surface area contributed by atoms with E-state index in [1.165, 1.54) is 0 Å². The maximum atomic E-state index is 10.4. The largest absolute Gasteiger partial charge is 0.388 e. The van der Waals surface area contributed by atoms with E-state index in [1.54, 1.807) is 29.5 Å². The maximum absolute atomic E-state index is 10.4. The number of halogens is 2. The van der Waals surface area contributed by atoms with E-state index in [0.29, 0.717) is 22.2 Å². The Labute approximate surface area is 120 Å². The minimum absolute atomic E-state index is 0.139. The quantitative estimate of drug-likeness (QED) is 0.901. The van der Waals surface area contributed by atoms with Crippen LogP contribution in [-0.2, 0) is 0 Å². The molecule has 1 aromatic carbocycles. The molecule has 2 unspecified atom stereocenters. The fourth-order valence-electron chi connectivity index (χ4n) is 1.88. The standard InChI is InChI=1S/C13H13Cl2NOS/c14-9-4-8(5-10(15)6-9)13(17)11(7-16)12-2-1-3-18-12/h1-6,11,13,17H,7,16H2. The number of hydrogen-bond acceptors (Lipinski definition) is 3. The van der Waals surface area contributed by atoms with Gasteiger partial charge >= 0.3 is 0 Å². The summed E-state index contributed by atoms with van der Waals surface area (Å²) in [6.07, 6.45) is -0.704. The Kier molecular flexibility index (Phi) is 4.65. The molecule has 5 heteroatoms. The zero-order valence-electron chi connectivity index (χ0n) is 9.51. The lowest BCUT2D eigenvalue weighted by Crippen LogP contribution is -2.19. The molecular formula is C13H13Cl2NOS. The molecule has 0 saturated heterocycles. The van der Waals surface area contributed by atoms with Gasteiger partial charge in [0.25, 0.3) is 0 Å². The van der Waals surface area contributed by atoms with Crippen molar-refractivity contribution in [2.75, 3.05) is 6.54 Å². The van der Waals surface area contributed by atoms with Crippen LogP contribution in [0.3, 0.4) is 0 Å². The summed E-state index contributed by atoms with van der Waals surface area (Å²) in [6, 6.07) is 8.99. The molecule has 96 valence electrons. The number of aliphatic hydroxyl groups excluding tert-OH is 1. The summed E-state index contributed by atoms with van der Waals surface area (Å²) in [4.78, 5) is 1.06. The first-order chi connectivity index (χ1) is 8.61. The van der Waals surface area contributed by atoms with Gasteiger partial charge in [-0.15, -0.1) is 11.3 Å². The summed E-state index contributed by atoms with van der Waals surface area (Å²) >= 11 is 13.5. The zero-order valence-corrected chi connectivity index (χ0v) is 11.8. The smallest absolute Gasteiger partial charge is 0.0879 e. The second-order valence-electron chi connectivity index (χ2n) is 4.01. The number of rotatable bonds is 4. The van der Waals surface area contributed by atoms with Crippen molar-refractivity contribution >= 4 is 34.5 Å². The molecule has 0 aliphatic carbocycles. The monoisotopic (exact) mass is 301 g/mol. The van der Waals surface area contributed by atoms with Gasteiger partial charge in [0.2, 0.25) is 0 Å². The van der Waals surface area contributed by atoms with Crippen molar-refractivity contribution in [3.05, 3.63) is 56.2 Å². The SMILES string of the molecule is NCC(c1cccs1)C(O)c1cc(Cl)cc(Cl)c1. The fraction of sp³-hybridized carbons (Fsp3) is 0.231. The number of benzene rings is 1. The Hall–Kier alpha value is -0.580. The van der Waals surface area contributed by atoms with E-state index < -0.39 is 6.10 Å². The van der Waals surface area contributed by atoms with Gasteiger partial charge < -0.3 is 10.8 Å². The van der Waals surface area contributed by atoms with Gasteiger partial charge in [0.15, 0.2) is 0 Å². The van der Waals surface area contributed by atoms with Crippen LogP contribution in [0, 0.1) is 0 Å². The van der Waals surface area contributed by atoms with E-state index in [1.807, 2.05) is 17.5 Å². The van der Waals surface area contributed by atoms with Gasteiger partial charge in [-0.3, -0.25) is 0 Å². The predicted molar refractivity (Wildman–Crippen MR) is 77.5 cm³/mol. The average molecular weight is 302 g/mol. The second-order valence-corrected chi connectivity index (χ2v) is 5.86. The normalized spacial score (nSPS) is 14.4. The first kappa shape index (κ1) is 13.8. The zero-order chi connectivity index (χ0) is 13.1. The molecule has 18 heavy (non-hydrogen) atoms. The number of thiophene rings is 1. The van der Waals surface area contributed by atoms with Gasteiger partial charge in [-0.2, -0.15) is 0 Å². The minimum atomic E-state index is -0.704. The third-order valence-electron chi connectivity index (χ3n) is 2.77. The van der Waals surface area contributed by atoms with E-state index in [-0.39, 0.29) is 5.92 Å². The average Bonchev–Trinajstić information content (AvgIpc) is 2.82. The Morgan fingerprint density at radius 1 is 1.22 bits per heavy atom. The lowest BCUT2D eigenvalue weighted by molar-refractivity contribution is 0.149. The molecule has 0 saturated carbocycles. The highest BCUT2D eigenvalue weighted by Crippen LogP contribution is 2.34. The lowest BCUT2D eigenvalue weighted by Gasteiger charge is -2.21. The molecule has 2 rings (SSSR count). The Morgan fingerprint density at radius 3 is 2.39 bits per heavy atom. The molecule has 0 radical (unpaired) electrons. The van der Waals surface area contributed by atoms with Crippen LogP contribution in [0.15, 0.2) is 35.7 Å². The molecule has 2 aromatic rings. The number of hydrogen-bond donors (Lipinski definition) is 2. The second kappa shape index (κ2) is 6.04.